The highest BCUT2D eigenvalue weighted by Crippen LogP contribution is 2.37. The van der Waals surface area contributed by atoms with E-state index in [0.29, 0.717) is 6.04 Å². The maximum absolute atomic E-state index is 4.14. The Labute approximate surface area is 125 Å². The third-order valence-electron chi connectivity index (χ3n) is 3.53. The van der Waals surface area contributed by atoms with Crippen LogP contribution in [0.2, 0.25) is 0 Å². The average molecular weight is 341 g/mol. The molecule has 0 aliphatic heterocycles. The smallest absolute Gasteiger partial charge is 0.137 e. The minimum Gasteiger partial charge on any atom is -0.310 e. The van der Waals surface area contributed by atoms with Gasteiger partial charge in [-0.1, -0.05) is 0 Å². The van der Waals surface area contributed by atoms with Crippen LogP contribution in [0.25, 0.3) is 0 Å². The highest BCUT2D eigenvalue weighted by atomic mass is 79.9. The Bertz CT molecular complexity index is 523. The fourth-order valence-electron chi connectivity index (χ4n) is 2.62. The highest BCUT2D eigenvalue weighted by molar-refractivity contribution is 9.11. The van der Waals surface area contributed by atoms with Crippen molar-refractivity contribution < 1.29 is 0 Å². The normalized spacial score (nSPS) is 18.5. The second-order valence-corrected chi connectivity index (χ2v) is 7.38. The van der Waals surface area contributed by atoms with Crippen LogP contribution in [0.3, 0.4) is 0 Å². The molecule has 2 N–H and O–H groups in total. The molecule has 1 atom stereocenters. The van der Waals surface area contributed by atoms with Gasteiger partial charge in [-0.25, -0.2) is 4.98 Å². The standard InChI is InChI=1S/C13H17BrN4S/c14-12-7-9-10(3-1-4-11(9)19-12)15-6-2-5-13-16-8-17-18-13/h7-8,10,15H,1-6H2,(H,16,17,18). The Balaban J connectivity index is 1.50. The van der Waals surface area contributed by atoms with Gasteiger partial charge in [-0.2, -0.15) is 5.10 Å². The molecule has 1 aliphatic carbocycles. The Kier molecular flexibility index (Phi) is 4.30. The van der Waals surface area contributed by atoms with Crippen LogP contribution in [0.5, 0.6) is 0 Å². The van der Waals surface area contributed by atoms with Crippen molar-refractivity contribution in [2.24, 2.45) is 0 Å². The van der Waals surface area contributed by atoms with Gasteiger partial charge in [0.2, 0.25) is 0 Å². The summed E-state index contributed by atoms with van der Waals surface area (Å²) < 4.78 is 1.26. The molecule has 2 heterocycles. The molecule has 0 saturated heterocycles. The van der Waals surface area contributed by atoms with Crippen LogP contribution in [0.1, 0.15) is 41.6 Å². The van der Waals surface area contributed by atoms with Crippen molar-refractivity contribution in [1.82, 2.24) is 20.5 Å². The summed E-state index contributed by atoms with van der Waals surface area (Å²) in [5.74, 6) is 0.976. The van der Waals surface area contributed by atoms with E-state index in [1.54, 1.807) is 11.2 Å². The predicted molar refractivity (Wildman–Crippen MR) is 80.4 cm³/mol. The molecule has 0 radical (unpaired) electrons. The minimum atomic E-state index is 0.529. The molecule has 0 spiro atoms. The zero-order chi connectivity index (χ0) is 13.1. The van der Waals surface area contributed by atoms with Gasteiger partial charge in [0.15, 0.2) is 0 Å². The van der Waals surface area contributed by atoms with Crippen LogP contribution in [0.15, 0.2) is 16.2 Å². The van der Waals surface area contributed by atoms with Crippen LogP contribution in [0, 0.1) is 0 Å². The number of hydrogen-bond donors (Lipinski definition) is 2. The number of aromatic nitrogens is 3. The van der Waals surface area contributed by atoms with E-state index in [-0.39, 0.29) is 0 Å². The number of thiophene rings is 1. The molecule has 6 heteroatoms. The van der Waals surface area contributed by atoms with Crippen molar-refractivity contribution in [3.63, 3.8) is 0 Å². The van der Waals surface area contributed by atoms with Crippen molar-refractivity contribution in [3.05, 3.63) is 32.4 Å². The van der Waals surface area contributed by atoms with Gasteiger partial charge in [-0.05, 0) is 59.8 Å². The lowest BCUT2D eigenvalue weighted by molar-refractivity contribution is 0.458. The average Bonchev–Trinajstić information content (AvgIpc) is 3.02. The van der Waals surface area contributed by atoms with Crippen LogP contribution < -0.4 is 5.32 Å². The fourth-order valence-corrected chi connectivity index (χ4v) is 4.44. The molecule has 0 fully saturated rings. The number of nitrogens with one attached hydrogen (secondary N) is 2. The Morgan fingerprint density at radius 3 is 3.32 bits per heavy atom. The lowest BCUT2D eigenvalue weighted by Gasteiger charge is -2.23. The molecule has 1 aliphatic rings. The zero-order valence-electron chi connectivity index (χ0n) is 10.7. The summed E-state index contributed by atoms with van der Waals surface area (Å²) in [4.78, 5) is 5.69. The molecule has 4 nitrogen and oxygen atoms in total. The molecule has 19 heavy (non-hydrogen) atoms. The summed E-state index contributed by atoms with van der Waals surface area (Å²) in [7, 11) is 0. The van der Waals surface area contributed by atoms with Crippen molar-refractivity contribution in [2.45, 2.75) is 38.1 Å². The molecule has 0 amide bonds. The van der Waals surface area contributed by atoms with E-state index in [2.05, 4.69) is 42.5 Å². The first-order chi connectivity index (χ1) is 9.33. The van der Waals surface area contributed by atoms with Gasteiger partial charge in [-0.15, -0.1) is 11.3 Å². The number of aryl methyl sites for hydroxylation is 2. The topological polar surface area (TPSA) is 53.6 Å². The molecule has 0 saturated carbocycles. The van der Waals surface area contributed by atoms with Crippen LogP contribution in [0.4, 0.5) is 0 Å². The Hall–Kier alpha value is -0.720. The maximum Gasteiger partial charge on any atom is 0.137 e. The van der Waals surface area contributed by atoms with Crippen LogP contribution in [-0.4, -0.2) is 21.7 Å². The Morgan fingerprint density at radius 2 is 2.47 bits per heavy atom. The van der Waals surface area contributed by atoms with Crippen molar-refractivity contribution in [2.75, 3.05) is 6.54 Å². The third kappa shape index (κ3) is 3.24. The van der Waals surface area contributed by atoms with E-state index in [1.165, 1.54) is 28.6 Å². The van der Waals surface area contributed by atoms with E-state index < -0.39 is 0 Å². The third-order valence-corrected chi connectivity index (χ3v) is 5.24. The van der Waals surface area contributed by atoms with E-state index >= 15 is 0 Å². The first kappa shape index (κ1) is 13.3. The highest BCUT2D eigenvalue weighted by Gasteiger charge is 2.21. The second kappa shape index (κ2) is 6.15. The molecular formula is C13H17BrN4S. The molecule has 0 bridgehead atoms. The van der Waals surface area contributed by atoms with Crippen LogP contribution >= 0.6 is 27.3 Å². The molecule has 2 aromatic rings. The predicted octanol–water partition coefficient (Wildman–Crippen LogP) is 3.23. The monoisotopic (exact) mass is 340 g/mol. The van der Waals surface area contributed by atoms with E-state index in [4.69, 9.17) is 0 Å². The summed E-state index contributed by atoms with van der Waals surface area (Å²) in [5, 5.41) is 10.4. The van der Waals surface area contributed by atoms with Gasteiger partial charge < -0.3 is 5.32 Å². The number of halogens is 1. The molecular weight excluding hydrogens is 324 g/mol. The number of fused-ring (bicyclic) bond motifs is 1. The zero-order valence-corrected chi connectivity index (χ0v) is 13.1. The number of hydrogen-bond acceptors (Lipinski definition) is 4. The fraction of sp³-hybridized carbons (Fsp3) is 0.538. The molecule has 102 valence electrons. The maximum atomic E-state index is 4.14. The molecule has 1 unspecified atom stereocenters. The van der Waals surface area contributed by atoms with Crippen LogP contribution in [-0.2, 0) is 12.8 Å². The van der Waals surface area contributed by atoms with Gasteiger partial charge in [0.1, 0.15) is 12.2 Å². The number of nitrogens with zero attached hydrogens (tertiary/aromatic N) is 2. The number of rotatable bonds is 5. The first-order valence-electron chi connectivity index (χ1n) is 6.68. The van der Waals surface area contributed by atoms with E-state index in [1.807, 2.05) is 11.3 Å². The lowest BCUT2D eigenvalue weighted by atomic mass is 9.94. The SMILES string of the molecule is Brc1cc2c(s1)CCCC2NCCCc1ncn[nH]1. The largest absolute Gasteiger partial charge is 0.310 e. The molecule has 2 aromatic heterocycles. The van der Waals surface area contributed by atoms with Gasteiger partial charge in [-0.3, -0.25) is 5.10 Å². The Morgan fingerprint density at radius 1 is 1.53 bits per heavy atom. The van der Waals surface area contributed by atoms with Gasteiger partial charge in [0, 0.05) is 17.3 Å². The molecule has 0 aromatic carbocycles. The summed E-state index contributed by atoms with van der Waals surface area (Å²) in [6.07, 6.45) is 7.39. The number of aromatic amines is 1. The van der Waals surface area contributed by atoms with Gasteiger partial charge >= 0.3 is 0 Å². The summed E-state index contributed by atoms with van der Waals surface area (Å²) >= 11 is 5.48. The van der Waals surface area contributed by atoms with Gasteiger partial charge in [0.05, 0.1) is 3.79 Å². The lowest BCUT2D eigenvalue weighted by Crippen LogP contribution is -2.25. The summed E-state index contributed by atoms with van der Waals surface area (Å²) in [6.45, 7) is 1.03. The quantitative estimate of drug-likeness (QED) is 0.821. The van der Waals surface area contributed by atoms with Crippen molar-refractivity contribution >= 4 is 27.3 Å². The summed E-state index contributed by atoms with van der Waals surface area (Å²) in [5.41, 5.74) is 1.50. The minimum absolute atomic E-state index is 0.529. The first-order valence-corrected chi connectivity index (χ1v) is 8.29. The summed E-state index contributed by atoms with van der Waals surface area (Å²) in [6, 6.07) is 2.81. The second-order valence-electron chi connectivity index (χ2n) is 4.86. The van der Waals surface area contributed by atoms with Crippen molar-refractivity contribution in [1.29, 1.82) is 0 Å². The molecule has 3 rings (SSSR count). The van der Waals surface area contributed by atoms with Gasteiger partial charge in [0.25, 0.3) is 0 Å². The van der Waals surface area contributed by atoms with E-state index in [0.717, 1.165) is 25.2 Å². The van der Waals surface area contributed by atoms with E-state index in [9.17, 15) is 0 Å². The number of H-pyrrole nitrogens is 1. The van der Waals surface area contributed by atoms with Crippen molar-refractivity contribution in [3.8, 4) is 0 Å².